The Bertz CT molecular complexity index is 738. The van der Waals surface area contributed by atoms with Crippen LogP contribution in [-0.2, 0) is 6.54 Å². The van der Waals surface area contributed by atoms with E-state index in [1.165, 1.54) is 12.6 Å². The van der Waals surface area contributed by atoms with Crippen molar-refractivity contribution in [2.75, 3.05) is 4.90 Å². The van der Waals surface area contributed by atoms with Crippen LogP contribution in [0.2, 0.25) is 0 Å². The third kappa shape index (κ3) is 2.93. The molecule has 2 heterocycles. The lowest BCUT2D eigenvalue weighted by molar-refractivity contribution is 0.0995. The summed E-state index contributed by atoms with van der Waals surface area (Å²) >= 11 is 0. The van der Waals surface area contributed by atoms with E-state index < -0.39 is 5.91 Å². The quantitative estimate of drug-likeness (QED) is 0.885. The minimum Gasteiger partial charge on any atom is -0.464 e. The van der Waals surface area contributed by atoms with Gasteiger partial charge in [0.15, 0.2) is 0 Å². The van der Waals surface area contributed by atoms with E-state index in [9.17, 15) is 4.79 Å². The van der Waals surface area contributed by atoms with Gasteiger partial charge in [-0.05, 0) is 37.3 Å². The Labute approximate surface area is 134 Å². The summed E-state index contributed by atoms with van der Waals surface area (Å²) in [7, 11) is 0. The molecule has 0 saturated heterocycles. The fraction of sp³-hybridized carbons (Fsp3) is 0.471. The van der Waals surface area contributed by atoms with Gasteiger partial charge in [-0.3, -0.25) is 9.78 Å². The molecule has 6 heteroatoms. The first kappa shape index (κ1) is 14.2. The number of hydrogen-bond donors (Lipinski definition) is 1. The number of anilines is 1. The number of amides is 1. The fourth-order valence-electron chi connectivity index (χ4n) is 2.96. The molecule has 0 aromatic carbocycles. The third-order valence-corrected chi connectivity index (χ3v) is 4.64. The first-order valence-corrected chi connectivity index (χ1v) is 8.09. The minimum atomic E-state index is -0.557. The van der Waals surface area contributed by atoms with Crippen LogP contribution in [-0.4, -0.2) is 21.9 Å². The molecule has 0 unspecified atom stereocenters. The Morgan fingerprint density at radius 1 is 1.39 bits per heavy atom. The van der Waals surface area contributed by atoms with Crippen LogP contribution in [0.3, 0.4) is 0 Å². The van der Waals surface area contributed by atoms with Crippen molar-refractivity contribution in [3.63, 3.8) is 0 Å². The summed E-state index contributed by atoms with van der Waals surface area (Å²) in [6.45, 7) is 2.89. The van der Waals surface area contributed by atoms with Gasteiger partial charge in [-0.2, -0.15) is 0 Å². The van der Waals surface area contributed by atoms with E-state index in [0.717, 1.165) is 30.3 Å². The maximum Gasteiger partial charge on any atom is 0.268 e. The molecule has 120 valence electrons. The minimum absolute atomic E-state index is 0.195. The summed E-state index contributed by atoms with van der Waals surface area (Å²) in [6, 6.07) is 4.56. The van der Waals surface area contributed by atoms with Crippen LogP contribution in [0, 0.1) is 5.92 Å². The van der Waals surface area contributed by atoms with E-state index >= 15 is 0 Å². The predicted molar refractivity (Wildman–Crippen MR) is 85.0 cm³/mol. The Kier molecular flexibility index (Phi) is 3.32. The predicted octanol–water partition coefficient (Wildman–Crippen LogP) is 2.46. The van der Waals surface area contributed by atoms with E-state index in [1.54, 1.807) is 6.20 Å². The number of aromatic nitrogens is 2. The fourth-order valence-corrected chi connectivity index (χ4v) is 2.96. The lowest BCUT2D eigenvalue weighted by atomic mass is 10.3. The normalized spacial score (nSPS) is 22.8. The van der Waals surface area contributed by atoms with Gasteiger partial charge < -0.3 is 15.1 Å². The lowest BCUT2D eigenvalue weighted by Crippen LogP contribution is -2.27. The molecule has 0 bridgehead atoms. The first-order valence-electron chi connectivity index (χ1n) is 8.09. The summed E-state index contributed by atoms with van der Waals surface area (Å²) in [5.41, 5.74) is 5.50. The van der Waals surface area contributed by atoms with Crippen molar-refractivity contribution in [1.29, 1.82) is 0 Å². The summed E-state index contributed by atoms with van der Waals surface area (Å²) < 4.78 is 6.00. The number of primary amides is 1. The van der Waals surface area contributed by atoms with Gasteiger partial charge in [-0.15, -0.1) is 0 Å². The Balaban J connectivity index is 1.55. The van der Waals surface area contributed by atoms with Crippen LogP contribution in [0.1, 0.15) is 54.1 Å². The molecule has 0 radical (unpaired) electrons. The molecule has 2 saturated carbocycles. The van der Waals surface area contributed by atoms with E-state index in [0.29, 0.717) is 24.3 Å². The number of carbonyl (C=O) groups excluding carboxylic acids is 1. The van der Waals surface area contributed by atoms with E-state index in [1.807, 2.05) is 6.07 Å². The van der Waals surface area contributed by atoms with Crippen LogP contribution in [0.5, 0.6) is 0 Å². The highest BCUT2D eigenvalue weighted by molar-refractivity contribution is 5.90. The Morgan fingerprint density at radius 3 is 2.83 bits per heavy atom. The van der Waals surface area contributed by atoms with Gasteiger partial charge in [0, 0.05) is 12.0 Å². The van der Waals surface area contributed by atoms with Crippen molar-refractivity contribution in [1.82, 2.24) is 9.97 Å². The SMILES string of the molecule is C[C@H]1C[C@@H]1c1ccc(CN(c2cncc(C(N)=O)n2)C2CC2)o1. The molecule has 1 amide bonds. The average Bonchev–Trinajstić information content (AvgIpc) is 3.46. The second-order valence-electron chi connectivity index (χ2n) is 6.61. The molecule has 6 nitrogen and oxygen atoms in total. The maximum atomic E-state index is 11.3. The molecular formula is C17H20N4O2. The van der Waals surface area contributed by atoms with Gasteiger partial charge in [0.05, 0.1) is 18.9 Å². The number of nitrogens with zero attached hydrogens (tertiary/aromatic N) is 3. The Morgan fingerprint density at radius 2 is 2.17 bits per heavy atom. The average molecular weight is 312 g/mol. The molecule has 2 N–H and O–H groups in total. The highest BCUT2D eigenvalue weighted by Gasteiger charge is 2.37. The van der Waals surface area contributed by atoms with Crippen LogP contribution >= 0.6 is 0 Å². The molecule has 0 aliphatic heterocycles. The zero-order valence-electron chi connectivity index (χ0n) is 13.1. The van der Waals surface area contributed by atoms with Gasteiger partial charge >= 0.3 is 0 Å². The van der Waals surface area contributed by atoms with Gasteiger partial charge in [0.25, 0.3) is 5.91 Å². The van der Waals surface area contributed by atoms with Gasteiger partial charge in [0.2, 0.25) is 0 Å². The monoisotopic (exact) mass is 312 g/mol. The molecule has 4 rings (SSSR count). The lowest BCUT2D eigenvalue weighted by Gasteiger charge is -2.22. The highest BCUT2D eigenvalue weighted by Crippen LogP contribution is 2.47. The standard InChI is InChI=1S/C17H20N4O2/c1-10-6-13(10)15-5-4-12(23-15)9-21(11-2-3-11)16-8-19-7-14(20-16)17(18)22/h4-5,7-8,10-11,13H,2-3,6,9H2,1H3,(H2,18,22)/t10-,13-/m0/s1. The van der Waals surface area contributed by atoms with Gasteiger partial charge in [-0.25, -0.2) is 4.98 Å². The number of hydrogen-bond acceptors (Lipinski definition) is 5. The van der Waals surface area contributed by atoms with Gasteiger partial charge in [-0.1, -0.05) is 6.92 Å². The zero-order valence-corrected chi connectivity index (χ0v) is 13.1. The number of rotatable bonds is 6. The van der Waals surface area contributed by atoms with Crippen molar-refractivity contribution in [2.45, 2.75) is 44.7 Å². The third-order valence-electron chi connectivity index (χ3n) is 4.64. The van der Waals surface area contributed by atoms with E-state index in [2.05, 4.69) is 27.9 Å². The number of carbonyl (C=O) groups is 1. The van der Waals surface area contributed by atoms with Crippen molar-refractivity contribution in [3.8, 4) is 0 Å². The maximum absolute atomic E-state index is 11.3. The topological polar surface area (TPSA) is 85.3 Å². The summed E-state index contributed by atoms with van der Waals surface area (Å²) in [5, 5.41) is 0. The molecular weight excluding hydrogens is 292 g/mol. The second-order valence-corrected chi connectivity index (χ2v) is 6.61. The van der Waals surface area contributed by atoms with Crippen molar-refractivity contribution >= 4 is 11.7 Å². The van der Waals surface area contributed by atoms with Crippen LogP contribution in [0.15, 0.2) is 28.9 Å². The highest BCUT2D eigenvalue weighted by atomic mass is 16.3. The van der Waals surface area contributed by atoms with Crippen molar-refractivity contribution in [2.24, 2.45) is 11.7 Å². The molecule has 2 aromatic heterocycles. The molecule has 2 aliphatic rings. The molecule has 0 spiro atoms. The van der Waals surface area contributed by atoms with E-state index in [-0.39, 0.29) is 5.69 Å². The summed E-state index contributed by atoms with van der Waals surface area (Å²) in [5.74, 6) is 3.44. The van der Waals surface area contributed by atoms with Gasteiger partial charge in [0.1, 0.15) is 23.0 Å². The first-order chi connectivity index (χ1) is 11.1. The zero-order chi connectivity index (χ0) is 16.0. The molecule has 2 fully saturated rings. The van der Waals surface area contributed by atoms with Crippen LogP contribution < -0.4 is 10.6 Å². The molecule has 2 aromatic rings. The summed E-state index contributed by atoms with van der Waals surface area (Å²) in [4.78, 5) is 21.9. The summed E-state index contributed by atoms with van der Waals surface area (Å²) in [6.07, 6.45) is 6.53. The molecule has 2 aliphatic carbocycles. The largest absolute Gasteiger partial charge is 0.464 e. The van der Waals surface area contributed by atoms with Crippen LogP contribution in [0.25, 0.3) is 0 Å². The second kappa shape index (κ2) is 5.37. The van der Waals surface area contributed by atoms with Crippen molar-refractivity contribution in [3.05, 3.63) is 41.7 Å². The smallest absolute Gasteiger partial charge is 0.268 e. The number of nitrogens with two attached hydrogens (primary N) is 1. The molecule has 2 atom stereocenters. The Hall–Kier alpha value is -2.37. The van der Waals surface area contributed by atoms with Crippen LogP contribution in [0.4, 0.5) is 5.82 Å². The number of furan rings is 1. The molecule has 23 heavy (non-hydrogen) atoms. The van der Waals surface area contributed by atoms with E-state index in [4.69, 9.17) is 10.2 Å². The van der Waals surface area contributed by atoms with Crippen molar-refractivity contribution < 1.29 is 9.21 Å².